The van der Waals surface area contributed by atoms with Gasteiger partial charge in [-0.1, -0.05) is 0 Å². The minimum absolute atomic E-state index is 0.206. The summed E-state index contributed by atoms with van der Waals surface area (Å²) in [5.74, 6) is 0. The smallest absolute Gasteiger partial charge is 0.404 e. The molecule has 0 saturated carbocycles. The van der Waals surface area contributed by atoms with Crippen LogP contribution in [0.1, 0.15) is 20.3 Å². The molecule has 94 valence electrons. The van der Waals surface area contributed by atoms with E-state index in [0.29, 0.717) is 6.61 Å². The van der Waals surface area contributed by atoms with Gasteiger partial charge in [-0.15, -0.1) is 0 Å². The Hall–Kier alpha value is -0.845. The average Bonchev–Trinajstić information content (AvgIpc) is 2.85. The SMILES string of the molecule is COCCCn1cc(B2OCC(C)(C)O2)cn1. The van der Waals surface area contributed by atoms with Crippen LogP contribution in [-0.4, -0.2) is 42.8 Å². The molecule has 1 saturated heterocycles. The second-order valence-electron chi connectivity index (χ2n) is 4.90. The summed E-state index contributed by atoms with van der Waals surface area (Å²) in [6.45, 7) is 6.27. The van der Waals surface area contributed by atoms with E-state index in [9.17, 15) is 0 Å². The van der Waals surface area contributed by atoms with Crippen LogP contribution < -0.4 is 5.46 Å². The molecular formula is C11H19BN2O3. The van der Waals surface area contributed by atoms with Crippen LogP contribution in [-0.2, 0) is 20.6 Å². The van der Waals surface area contributed by atoms with Crippen molar-refractivity contribution in [3.63, 3.8) is 0 Å². The van der Waals surface area contributed by atoms with Gasteiger partial charge in [-0.3, -0.25) is 4.68 Å². The summed E-state index contributed by atoms with van der Waals surface area (Å²) in [5.41, 5.74) is 0.774. The molecule has 17 heavy (non-hydrogen) atoms. The van der Waals surface area contributed by atoms with Crippen LogP contribution in [0.4, 0.5) is 0 Å². The highest BCUT2D eigenvalue weighted by atomic mass is 16.7. The van der Waals surface area contributed by atoms with Gasteiger partial charge in [0.05, 0.1) is 12.2 Å². The highest BCUT2D eigenvalue weighted by molar-refractivity contribution is 6.61. The molecule has 0 atom stereocenters. The molecule has 1 aliphatic rings. The number of aryl methyl sites for hydroxylation is 1. The van der Waals surface area contributed by atoms with Crippen LogP contribution in [0.5, 0.6) is 0 Å². The number of nitrogens with zero attached hydrogens (tertiary/aromatic N) is 2. The number of hydrogen-bond donors (Lipinski definition) is 0. The molecule has 5 nitrogen and oxygen atoms in total. The summed E-state index contributed by atoms with van der Waals surface area (Å²) in [6, 6.07) is 0. The number of rotatable bonds is 5. The minimum Gasteiger partial charge on any atom is -0.404 e. The van der Waals surface area contributed by atoms with E-state index in [0.717, 1.165) is 25.0 Å². The van der Waals surface area contributed by atoms with Gasteiger partial charge >= 0.3 is 7.12 Å². The normalized spacial score (nSPS) is 18.9. The van der Waals surface area contributed by atoms with Gasteiger partial charge in [0.2, 0.25) is 0 Å². The van der Waals surface area contributed by atoms with Crippen molar-refractivity contribution >= 4 is 12.6 Å². The lowest BCUT2D eigenvalue weighted by Gasteiger charge is -2.14. The monoisotopic (exact) mass is 238 g/mol. The Balaban J connectivity index is 1.90. The summed E-state index contributed by atoms with van der Waals surface area (Å²) >= 11 is 0. The second kappa shape index (κ2) is 5.20. The Kier molecular flexibility index (Phi) is 3.86. The molecule has 1 aromatic rings. The zero-order valence-corrected chi connectivity index (χ0v) is 10.7. The molecule has 1 aliphatic heterocycles. The Bertz CT molecular complexity index is 367. The molecule has 0 N–H and O–H groups in total. The van der Waals surface area contributed by atoms with Crippen molar-refractivity contribution in [2.24, 2.45) is 0 Å². The van der Waals surface area contributed by atoms with E-state index in [1.807, 2.05) is 24.7 Å². The molecule has 0 unspecified atom stereocenters. The van der Waals surface area contributed by atoms with Crippen molar-refractivity contribution < 1.29 is 14.0 Å². The minimum atomic E-state index is -0.277. The third kappa shape index (κ3) is 3.31. The average molecular weight is 238 g/mol. The lowest BCUT2D eigenvalue weighted by Crippen LogP contribution is -2.33. The van der Waals surface area contributed by atoms with Crippen molar-refractivity contribution in [3.05, 3.63) is 12.4 Å². The Morgan fingerprint density at radius 3 is 3.06 bits per heavy atom. The summed E-state index contributed by atoms with van der Waals surface area (Å²) in [7, 11) is 1.43. The molecule has 2 heterocycles. The maximum atomic E-state index is 5.77. The number of hydrogen-bond acceptors (Lipinski definition) is 4. The molecule has 0 bridgehead atoms. The van der Waals surface area contributed by atoms with Crippen LogP contribution in [0.3, 0.4) is 0 Å². The summed E-state index contributed by atoms with van der Waals surface area (Å²) in [5, 5.41) is 4.28. The molecule has 6 heteroatoms. The zero-order valence-electron chi connectivity index (χ0n) is 10.7. The van der Waals surface area contributed by atoms with E-state index >= 15 is 0 Å². The fourth-order valence-corrected chi connectivity index (χ4v) is 1.79. The number of methoxy groups -OCH3 is 1. The highest BCUT2D eigenvalue weighted by Crippen LogP contribution is 2.19. The molecule has 2 rings (SSSR count). The van der Waals surface area contributed by atoms with Gasteiger partial charge in [0.25, 0.3) is 0 Å². The summed E-state index contributed by atoms with van der Waals surface area (Å²) < 4.78 is 18.3. The standard InChI is InChI=1S/C11H19BN2O3/c1-11(2)9-16-12(17-11)10-7-13-14(8-10)5-4-6-15-3/h7-8H,4-6,9H2,1-3H3. The number of ether oxygens (including phenoxy) is 1. The maximum absolute atomic E-state index is 5.77. The van der Waals surface area contributed by atoms with E-state index in [2.05, 4.69) is 5.10 Å². The molecule has 0 amide bonds. The van der Waals surface area contributed by atoms with E-state index in [4.69, 9.17) is 14.0 Å². The van der Waals surface area contributed by atoms with E-state index in [1.54, 1.807) is 13.3 Å². The molecular weight excluding hydrogens is 219 g/mol. The molecule has 0 radical (unpaired) electrons. The van der Waals surface area contributed by atoms with E-state index in [-0.39, 0.29) is 12.7 Å². The van der Waals surface area contributed by atoms with Crippen molar-refractivity contribution in [1.29, 1.82) is 0 Å². The van der Waals surface area contributed by atoms with Crippen LogP contribution >= 0.6 is 0 Å². The largest absolute Gasteiger partial charge is 0.497 e. The van der Waals surface area contributed by atoms with Crippen LogP contribution in [0.25, 0.3) is 0 Å². The third-order valence-electron chi connectivity index (χ3n) is 2.67. The van der Waals surface area contributed by atoms with Gasteiger partial charge in [0, 0.05) is 38.1 Å². The first-order valence-corrected chi connectivity index (χ1v) is 5.91. The van der Waals surface area contributed by atoms with Crippen molar-refractivity contribution in [2.45, 2.75) is 32.4 Å². The zero-order chi connectivity index (χ0) is 12.3. The summed E-state index contributed by atoms with van der Waals surface area (Å²) in [4.78, 5) is 0. The predicted molar refractivity (Wildman–Crippen MR) is 65.2 cm³/mol. The number of aromatic nitrogens is 2. The first kappa shape index (κ1) is 12.6. The van der Waals surface area contributed by atoms with Gasteiger partial charge in [-0.2, -0.15) is 5.10 Å². The fraction of sp³-hybridized carbons (Fsp3) is 0.727. The molecule has 0 aliphatic carbocycles. The molecule has 1 aromatic heterocycles. The lowest BCUT2D eigenvalue weighted by atomic mass is 9.82. The van der Waals surface area contributed by atoms with E-state index in [1.165, 1.54) is 0 Å². The van der Waals surface area contributed by atoms with Crippen LogP contribution in [0, 0.1) is 0 Å². The molecule has 0 aromatic carbocycles. The Labute approximate surface area is 102 Å². The lowest BCUT2D eigenvalue weighted by molar-refractivity contribution is 0.137. The van der Waals surface area contributed by atoms with Crippen LogP contribution in [0.15, 0.2) is 12.4 Å². The topological polar surface area (TPSA) is 45.5 Å². The quantitative estimate of drug-likeness (QED) is 0.551. The molecule has 1 fully saturated rings. The van der Waals surface area contributed by atoms with Crippen molar-refractivity contribution in [2.75, 3.05) is 20.3 Å². The van der Waals surface area contributed by atoms with Gasteiger partial charge in [-0.05, 0) is 20.3 Å². The van der Waals surface area contributed by atoms with Gasteiger partial charge in [0.1, 0.15) is 0 Å². The first-order valence-electron chi connectivity index (χ1n) is 5.91. The second-order valence-corrected chi connectivity index (χ2v) is 4.90. The Morgan fingerprint density at radius 1 is 1.59 bits per heavy atom. The first-order chi connectivity index (χ1) is 8.11. The predicted octanol–water partition coefficient (Wildman–Crippen LogP) is 0.440. The third-order valence-corrected chi connectivity index (χ3v) is 2.67. The van der Waals surface area contributed by atoms with Gasteiger partial charge < -0.3 is 14.0 Å². The molecule has 0 spiro atoms. The summed E-state index contributed by atoms with van der Waals surface area (Å²) in [6.07, 6.45) is 4.73. The van der Waals surface area contributed by atoms with Crippen molar-refractivity contribution in [1.82, 2.24) is 9.78 Å². The maximum Gasteiger partial charge on any atom is 0.497 e. The Morgan fingerprint density at radius 2 is 2.41 bits per heavy atom. The highest BCUT2D eigenvalue weighted by Gasteiger charge is 2.38. The van der Waals surface area contributed by atoms with Gasteiger partial charge in [-0.25, -0.2) is 0 Å². The van der Waals surface area contributed by atoms with E-state index < -0.39 is 0 Å². The van der Waals surface area contributed by atoms with Crippen molar-refractivity contribution in [3.8, 4) is 0 Å². The van der Waals surface area contributed by atoms with Gasteiger partial charge in [0.15, 0.2) is 0 Å². The van der Waals surface area contributed by atoms with Crippen LogP contribution in [0.2, 0.25) is 0 Å². The fourth-order valence-electron chi connectivity index (χ4n) is 1.79.